The van der Waals surface area contributed by atoms with Crippen molar-refractivity contribution in [2.24, 2.45) is 5.92 Å². The van der Waals surface area contributed by atoms with Crippen LogP contribution in [0.1, 0.15) is 39.5 Å². The molecule has 3 fully saturated rings. The zero-order valence-electron chi connectivity index (χ0n) is 25.5. The van der Waals surface area contributed by atoms with Crippen LogP contribution in [0.2, 0.25) is 5.02 Å². The molecule has 1 aliphatic carbocycles. The third-order valence-electron chi connectivity index (χ3n) is 8.36. The lowest BCUT2D eigenvalue weighted by molar-refractivity contribution is -0.172. The zero-order valence-corrected chi connectivity index (χ0v) is 26.3. The number of carbonyl (C=O) groups is 2. The molecule has 1 saturated carbocycles. The van der Waals surface area contributed by atoms with Crippen LogP contribution in [0.4, 0.5) is 21.6 Å². The number of piperidine rings is 1. The Morgan fingerprint density at radius 3 is 2.71 bits per heavy atom. The highest BCUT2D eigenvalue weighted by Gasteiger charge is 2.37. The summed E-state index contributed by atoms with van der Waals surface area (Å²) in [5, 5.41) is 6.81. The van der Waals surface area contributed by atoms with E-state index in [0.29, 0.717) is 65.5 Å². The number of hydrogen-bond acceptors (Lipinski definition) is 9. The number of anilines is 3. The Hall–Kier alpha value is -3.80. The van der Waals surface area contributed by atoms with E-state index in [4.69, 9.17) is 21.1 Å². The molecular weight excluding hydrogens is 599 g/mol. The van der Waals surface area contributed by atoms with Gasteiger partial charge in [0, 0.05) is 42.3 Å². The van der Waals surface area contributed by atoms with Gasteiger partial charge in [0.2, 0.25) is 5.91 Å². The third kappa shape index (κ3) is 8.08. The number of cyclic esters (lactones) is 1. The minimum absolute atomic E-state index is 0.00383. The number of carbonyl (C=O) groups excluding carboxylic acids is 2. The Kier molecular flexibility index (Phi) is 9.21. The first kappa shape index (κ1) is 31.2. The van der Waals surface area contributed by atoms with Crippen LogP contribution >= 0.6 is 11.6 Å². The molecular formula is C33H38ClFN6O4. The maximum Gasteiger partial charge on any atom is 0.320 e. The second kappa shape index (κ2) is 13.3. The van der Waals surface area contributed by atoms with Crippen LogP contribution in [0.15, 0.2) is 48.8 Å². The minimum Gasteiger partial charge on any atom is -0.491 e. The summed E-state index contributed by atoms with van der Waals surface area (Å²) in [5.74, 6) is 0.603. The molecule has 0 atom stereocenters. The highest BCUT2D eigenvalue weighted by molar-refractivity contribution is 6.31. The van der Waals surface area contributed by atoms with Crippen molar-refractivity contribution in [2.45, 2.75) is 51.2 Å². The standard InChI is InChI=1S/C33H38ClFN6O4/c1-33(2)19-41(17-31(43)45-33)23-9-12-40(13-10-23)11-3-4-30(42)39-28-15-24-27(16-29(28)44-18-21-5-6-21)36-20-37-32(24)38-22-7-8-26(35)25(34)14-22/h3-4,7-8,14-16,20-21,23H,5-6,9-13,17-19H2,1-2H3,(H,39,42)(H,36,37,38). The minimum atomic E-state index is -0.510. The second-order valence-electron chi connectivity index (χ2n) is 12.7. The summed E-state index contributed by atoms with van der Waals surface area (Å²) in [7, 11) is 0. The van der Waals surface area contributed by atoms with E-state index < -0.39 is 11.4 Å². The molecule has 0 spiro atoms. The molecule has 2 aliphatic heterocycles. The van der Waals surface area contributed by atoms with E-state index in [1.54, 1.807) is 24.3 Å². The number of aromatic nitrogens is 2. The third-order valence-corrected chi connectivity index (χ3v) is 8.65. The summed E-state index contributed by atoms with van der Waals surface area (Å²) in [5.41, 5.74) is 1.25. The molecule has 2 saturated heterocycles. The quantitative estimate of drug-likeness (QED) is 0.219. The van der Waals surface area contributed by atoms with Crippen LogP contribution in [-0.4, -0.2) is 82.6 Å². The lowest BCUT2D eigenvalue weighted by Crippen LogP contribution is -2.56. The molecule has 3 aromatic rings. The van der Waals surface area contributed by atoms with Crippen molar-refractivity contribution in [1.29, 1.82) is 0 Å². The number of benzene rings is 2. The fourth-order valence-electron chi connectivity index (χ4n) is 5.90. The molecule has 2 aromatic carbocycles. The summed E-state index contributed by atoms with van der Waals surface area (Å²) in [4.78, 5) is 38.5. The number of nitrogens with one attached hydrogen (secondary N) is 2. The lowest BCUT2D eigenvalue weighted by Gasteiger charge is -2.44. The molecule has 12 heteroatoms. The van der Waals surface area contributed by atoms with Crippen LogP contribution in [-0.2, 0) is 14.3 Å². The molecule has 3 aliphatic rings. The van der Waals surface area contributed by atoms with Gasteiger partial charge < -0.3 is 20.1 Å². The van der Waals surface area contributed by atoms with Crippen molar-refractivity contribution in [2.75, 3.05) is 50.0 Å². The Labute approximate surface area is 266 Å². The van der Waals surface area contributed by atoms with Crippen molar-refractivity contribution < 1.29 is 23.5 Å². The van der Waals surface area contributed by atoms with Gasteiger partial charge in [0.25, 0.3) is 0 Å². The van der Waals surface area contributed by atoms with Crippen molar-refractivity contribution in [3.63, 3.8) is 0 Å². The number of esters is 1. The van der Waals surface area contributed by atoms with E-state index in [-0.39, 0.29) is 16.9 Å². The molecule has 0 unspecified atom stereocenters. The molecule has 2 N–H and O–H groups in total. The molecule has 10 nitrogen and oxygen atoms in total. The number of likely N-dealkylation sites (tertiary alicyclic amines) is 1. The number of rotatable bonds is 10. The molecule has 0 bridgehead atoms. The number of fused-ring (bicyclic) bond motifs is 1. The molecule has 1 aromatic heterocycles. The van der Waals surface area contributed by atoms with Gasteiger partial charge in [-0.05, 0) is 82.8 Å². The normalized spacial score (nSPS) is 19.5. The second-order valence-corrected chi connectivity index (χ2v) is 13.1. The van der Waals surface area contributed by atoms with Gasteiger partial charge in [-0.3, -0.25) is 19.4 Å². The monoisotopic (exact) mass is 636 g/mol. The average molecular weight is 637 g/mol. The first-order valence-electron chi connectivity index (χ1n) is 15.4. The number of amides is 1. The Balaban J connectivity index is 1.10. The van der Waals surface area contributed by atoms with E-state index in [9.17, 15) is 14.0 Å². The Bertz CT molecular complexity index is 1610. The van der Waals surface area contributed by atoms with E-state index in [1.165, 1.54) is 18.5 Å². The summed E-state index contributed by atoms with van der Waals surface area (Å²) in [6.45, 7) is 8.00. The maximum atomic E-state index is 13.7. The smallest absolute Gasteiger partial charge is 0.320 e. The summed E-state index contributed by atoms with van der Waals surface area (Å²) >= 11 is 5.97. The van der Waals surface area contributed by atoms with Gasteiger partial charge in [0.05, 0.1) is 29.4 Å². The number of nitrogens with zero attached hydrogens (tertiary/aromatic N) is 4. The number of morpholine rings is 1. The van der Waals surface area contributed by atoms with E-state index in [1.807, 2.05) is 19.9 Å². The molecule has 6 rings (SSSR count). The van der Waals surface area contributed by atoms with Gasteiger partial charge in [-0.15, -0.1) is 0 Å². The maximum absolute atomic E-state index is 13.7. The highest BCUT2D eigenvalue weighted by Crippen LogP contribution is 2.36. The Morgan fingerprint density at radius 2 is 1.98 bits per heavy atom. The predicted molar refractivity (Wildman–Crippen MR) is 171 cm³/mol. The first-order chi connectivity index (χ1) is 21.6. The molecule has 0 radical (unpaired) electrons. The fraction of sp³-hybridized carbons (Fsp3) is 0.455. The van der Waals surface area contributed by atoms with E-state index in [2.05, 4.69) is 30.4 Å². The topological polar surface area (TPSA) is 109 Å². The number of ether oxygens (including phenoxy) is 2. The van der Waals surface area contributed by atoms with Crippen LogP contribution in [0.25, 0.3) is 10.9 Å². The van der Waals surface area contributed by atoms with Crippen molar-refractivity contribution in [3.05, 3.63) is 59.7 Å². The van der Waals surface area contributed by atoms with Crippen molar-refractivity contribution in [3.8, 4) is 5.75 Å². The van der Waals surface area contributed by atoms with Crippen LogP contribution in [0.3, 0.4) is 0 Å². The average Bonchev–Trinajstić information content (AvgIpc) is 3.82. The lowest BCUT2D eigenvalue weighted by atomic mass is 9.99. The van der Waals surface area contributed by atoms with Gasteiger partial charge in [0.1, 0.15) is 29.3 Å². The number of hydrogen-bond donors (Lipinski definition) is 2. The molecule has 45 heavy (non-hydrogen) atoms. The summed E-state index contributed by atoms with van der Waals surface area (Å²) < 4.78 is 25.3. The van der Waals surface area contributed by atoms with Gasteiger partial charge >= 0.3 is 5.97 Å². The fourth-order valence-corrected chi connectivity index (χ4v) is 6.08. The van der Waals surface area contributed by atoms with Crippen molar-refractivity contribution >= 4 is 51.6 Å². The predicted octanol–water partition coefficient (Wildman–Crippen LogP) is 5.55. The molecule has 238 valence electrons. The van der Waals surface area contributed by atoms with Crippen LogP contribution in [0.5, 0.6) is 5.75 Å². The van der Waals surface area contributed by atoms with E-state index >= 15 is 0 Å². The molecule has 1 amide bonds. The van der Waals surface area contributed by atoms with Crippen molar-refractivity contribution in [1.82, 2.24) is 19.8 Å². The largest absolute Gasteiger partial charge is 0.491 e. The summed E-state index contributed by atoms with van der Waals surface area (Å²) in [6.07, 6.45) is 9.05. The van der Waals surface area contributed by atoms with Gasteiger partial charge in [0.15, 0.2) is 0 Å². The van der Waals surface area contributed by atoms with Gasteiger partial charge in [-0.2, -0.15) is 0 Å². The Morgan fingerprint density at radius 1 is 1.18 bits per heavy atom. The van der Waals surface area contributed by atoms with Crippen LogP contribution in [0, 0.1) is 11.7 Å². The summed E-state index contributed by atoms with van der Waals surface area (Å²) in [6, 6.07) is 8.28. The van der Waals surface area contributed by atoms with Gasteiger partial charge in [-0.25, -0.2) is 14.4 Å². The zero-order chi connectivity index (χ0) is 31.6. The highest BCUT2D eigenvalue weighted by atomic mass is 35.5. The first-order valence-corrected chi connectivity index (χ1v) is 15.8. The van der Waals surface area contributed by atoms with E-state index in [0.717, 1.165) is 45.3 Å². The van der Waals surface area contributed by atoms with Crippen LogP contribution < -0.4 is 15.4 Å². The number of halogens is 2. The van der Waals surface area contributed by atoms with Gasteiger partial charge in [-0.1, -0.05) is 17.7 Å². The molecule has 3 heterocycles. The SMILES string of the molecule is CC1(C)CN(C2CCN(CC=CC(=O)Nc3cc4c(Nc5ccc(F)c(Cl)c5)ncnc4cc3OCC3CC3)CC2)CC(=O)O1.